The van der Waals surface area contributed by atoms with Crippen molar-refractivity contribution in [1.82, 2.24) is 4.90 Å². The van der Waals surface area contributed by atoms with Gasteiger partial charge in [-0.1, -0.05) is 13.8 Å². The number of aliphatic imine (C=N–C) groups is 1. The molecule has 6 nitrogen and oxygen atoms in total. The van der Waals surface area contributed by atoms with Gasteiger partial charge in [-0.3, -0.25) is 14.7 Å². The van der Waals surface area contributed by atoms with Gasteiger partial charge < -0.3 is 16.9 Å². The van der Waals surface area contributed by atoms with Crippen molar-refractivity contribution in [3.05, 3.63) is 0 Å². The second-order valence-electron chi connectivity index (χ2n) is 5.79. The minimum Gasteiger partial charge on any atom is -0.370 e. The van der Waals surface area contributed by atoms with Crippen LogP contribution in [-0.4, -0.2) is 48.5 Å². The van der Waals surface area contributed by atoms with E-state index >= 15 is 0 Å². The molecule has 0 spiro atoms. The first kappa shape index (κ1) is 19.6. The van der Waals surface area contributed by atoms with Gasteiger partial charge in [-0.25, -0.2) is 0 Å². The summed E-state index contributed by atoms with van der Waals surface area (Å²) in [5.41, 5.74) is 11.3. The van der Waals surface area contributed by atoms with E-state index in [1.54, 1.807) is 0 Å². The van der Waals surface area contributed by atoms with E-state index in [9.17, 15) is 4.79 Å². The molecule has 0 fully saturated rings. The van der Waals surface area contributed by atoms with E-state index in [-0.39, 0.29) is 17.7 Å². The van der Waals surface area contributed by atoms with E-state index in [2.05, 4.69) is 9.89 Å². The summed E-state index contributed by atoms with van der Waals surface area (Å²) in [5, 5.41) is 7.42. The number of ketones is 1. The van der Waals surface area contributed by atoms with E-state index < -0.39 is 0 Å². The van der Waals surface area contributed by atoms with Gasteiger partial charge in [-0.2, -0.15) is 0 Å². The molecule has 0 amide bonds. The molecule has 0 aromatic carbocycles. The minimum absolute atomic E-state index is 0.0639. The van der Waals surface area contributed by atoms with Crippen LogP contribution in [0.4, 0.5) is 0 Å². The Morgan fingerprint density at radius 2 is 1.81 bits per heavy atom. The standard InChI is InChI=1S/C15H31N5O/c1-12(2)14(21)11-20(9-5-4-7-13(3)16)10-6-8-19-15(17)18/h12,16H,4-11H2,1-3H3,(H4,17,18,19). The average Bonchev–Trinajstić information content (AvgIpc) is 2.38. The molecule has 0 bridgehead atoms. The van der Waals surface area contributed by atoms with Crippen molar-refractivity contribution in [3.63, 3.8) is 0 Å². The molecule has 0 saturated carbocycles. The predicted molar refractivity (Wildman–Crippen MR) is 88.8 cm³/mol. The summed E-state index contributed by atoms with van der Waals surface area (Å²) in [6, 6.07) is 0. The number of unbranched alkanes of at least 4 members (excludes halogenated alkanes) is 1. The summed E-state index contributed by atoms with van der Waals surface area (Å²) in [5.74, 6) is 0.440. The molecule has 0 saturated heterocycles. The zero-order valence-corrected chi connectivity index (χ0v) is 13.7. The molecule has 5 N–H and O–H groups in total. The summed E-state index contributed by atoms with van der Waals surface area (Å²) in [6.07, 6.45) is 3.67. The molecule has 0 heterocycles. The SMILES string of the molecule is CC(=N)CCCCN(CCCN=C(N)N)CC(=O)C(C)C. The Balaban J connectivity index is 4.17. The molecule has 0 atom stereocenters. The van der Waals surface area contributed by atoms with Crippen LogP contribution in [0.25, 0.3) is 0 Å². The molecule has 0 radical (unpaired) electrons. The Bertz CT molecular complexity index is 348. The summed E-state index contributed by atoms with van der Waals surface area (Å²) >= 11 is 0. The van der Waals surface area contributed by atoms with Crippen molar-refractivity contribution in [2.24, 2.45) is 22.4 Å². The number of nitrogens with two attached hydrogens (primary N) is 2. The fraction of sp³-hybridized carbons (Fsp3) is 0.800. The smallest absolute Gasteiger partial charge is 0.185 e. The monoisotopic (exact) mass is 297 g/mol. The van der Waals surface area contributed by atoms with Crippen LogP contribution in [0.1, 0.15) is 46.5 Å². The normalized spacial score (nSPS) is 10.9. The van der Waals surface area contributed by atoms with E-state index in [0.29, 0.717) is 18.8 Å². The molecule has 0 rings (SSSR count). The third-order valence-corrected chi connectivity index (χ3v) is 3.23. The highest BCUT2D eigenvalue weighted by Gasteiger charge is 2.13. The average molecular weight is 297 g/mol. The Morgan fingerprint density at radius 3 is 2.33 bits per heavy atom. The molecule has 6 heteroatoms. The summed E-state index contributed by atoms with van der Waals surface area (Å²) in [7, 11) is 0. The maximum Gasteiger partial charge on any atom is 0.185 e. The van der Waals surface area contributed by atoms with Crippen molar-refractivity contribution in [2.75, 3.05) is 26.2 Å². The second kappa shape index (κ2) is 11.3. The van der Waals surface area contributed by atoms with E-state index in [1.165, 1.54) is 0 Å². The lowest BCUT2D eigenvalue weighted by atomic mass is 10.1. The fourth-order valence-electron chi connectivity index (χ4n) is 1.90. The Hall–Kier alpha value is -1.43. The lowest BCUT2D eigenvalue weighted by Gasteiger charge is -2.22. The largest absolute Gasteiger partial charge is 0.370 e. The molecular formula is C15H31N5O. The van der Waals surface area contributed by atoms with Crippen LogP contribution in [0.15, 0.2) is 4.99 Å². The van der Waals surface area contributed by atoms with Crippen LogP contribution in [0.3, 0.4) is 0 Å². The highest BCUT2D eigenvalue weighted by Crippen LogP contribution is 2.04. The van der Waals surface area contributed by atoms with Gasteiger partial charge >= 0.3 is 0 Å². The number of guanidine groups is 1. The molecular weight excluding hydrogens is 266 g/mol. The van der Waals surface area contributed by atoms with Crippen LogP contribution < -0.4 is 11.5 Å². The number of nitrogens with one attached hydrogen (secondary N) is 1. The third kappa shape index (κ3) is 12.1. The number of Topliss-reactive ketones (excluding diaryl/α,β-unsaturated/α-hetero) is 1. The molecule has 21 heavy (non-hydrogen) atoms. The van der Waals surface area contributed by atoms with Gasteiger partial charge in [-0.05, 0) is 39.2 Å². The molecule has 0 aromatic heterocycles. The summed E-state index contributed by atoms with van der Waals surface area (Å²) < 4.78 is 0. The van der Waals surface area contributed by atoms with Crippen LogP contribution in [0.2, 0.25) is 0 Å². The molecule has 0 aliphatic rings. The highest BCUT2D eigenvalue weighted by molar-refractivity contribution is 5.82. The van der Waals surface area contributed by atoms with E-state index in [4.69, 9.17) is 16.9 Å². The Labute approximate surface area is 128 Å². The fourth-order valence-corrected chi connectivity index (χ4v) is 1.90. The van der Waals surface area contributed by atoms with E-state index in [0.717, 1.165) is 38.8 Å². The van der Waals surface area contributed by atoms with Gasteiger partial charge in [-0.15, -0.1) is 0 Å². The maximum absolute atomic E-state index is 11.9. The third-order valence-electron chi connectivity index (χ3n) is 3.23. The van der Waals surface area contributed by atoms with Crippen LogP contribution >= 0.6 is 0 Å². The van der Waals surface area contributed by atoms with Crippen LogP contribution in [-0.2, 0) is 4.79 Å². The van der Waals surface area contributed by atoms with Gasteiger partial charge in [0.05, 0.1) is 6.54 Å². The van der Waals surface area contributed by atoms with Crippen molar-refractivity contribution in [3.8, 4) is 0 Å². The maximum atomic E-state index is 11.9. The van der Waals surface area contributed by atoms with Crippen molar-refractivity contribution in [2.45, 2.75) is 46.5 Å². The van der Waals surface area contributed by atoms with Crippen LogP contribution in [0, 0.1) is 11.3 Å². The van der Waals surface area contributed by atoms with Gasteiger partial charge in [0, 0.05) is 24.7 Å². The van der Waals surface area contributed by atoms with Crippen LogP contribution in [0.5, 0.6) is 0 Å². The molecule has 0 aliphatic heterocycles. The van der Waals surface area contributed by atoms with Gasteiger partial charge in [0.25, 0.3) is 0 Å². The van der Waals surface area contributed by atoms with Crippen molar-refractivity contribution in [1.29, 1.82) is 5.41 Å². The first-order valence-corrected chi connectivity index (χ1v) is 7.67. The summed E-state index contributed by atoms with van der Waals surface area (Å²) in [6.45, 7) is 8.47. The Kier molecular flexibility index (Phi) is 10.5. The van der Waals surface area contributed by atoms with Gasteiger partial charge in [0.1, 0.15) is 5.78 Å². The summed E-state index contributed by atoms with van der Waals surface area (Å²) in [4.78, 5) is 18.0. The zero-order chi connectivity index (χ0) is 16.3. The number of hydrogen-bond acceptors (Lipinski definition) is 4. The molecule has 0 aromatic rings. The first-order valence-electron chi connectivity index (χ1n) is 7.67. The first-order chi connectivity index (χ1) is 9.82. The highest BCUT2D eigenvalue weighted by atomic mass is 16.1. The number of rotatable bonds is 12. The number of carbonyl (C=O) groups excluding carboxylic acids is 1. The second-order valence-corrected chi connectivity index (χ2v) is 5.79. The van der Waals surface area contributed by atoms with Crippen molar-refractivity contribution >= 4 is 17.5 Å². The topological polar surface area (TPSA) is 109 Å². The minimum atomic E-state index is 0.0639. The quantitative estimate of drug-likeness (QED) is 0.287. The van der Waals surface area contributed by atoms with Gasteiger partial charge in [0.2, 0.25) is 0 Å². The van der Waals surface area contributed by atoms with E-state index in [1.807, 2.05) is 20.8 Å². The predicted octanol–water partition coefficient (Wildman–Crippen LogP) is 1.39. The molecule has 0 unspecified atom stereocenters. The van der Waals surface area contributed by atoms with Gasteiger partial charge in [0.15, 0.2) is 5.96 Å². The molecule has 122 valence electrons. The number of nitrogens with zero attached hydrogens (tertiary/aromatic N) is 2. The van der Waals surface area contributed by atoms with Crippen molar-refractivity contribution < 1.29 is 4.79 Å². The molecule has 0 aliphatic carbocycles. The zero-order valence-electron chi connectivity index (χ0n) is 13.7. The number of carbonyl (C=O) groups is 1. The lowest BCUT2D eigenvalue weighted by molar-refractivity contribution is -0.123. The lowest BCUT2D eigenvalue weighted by Crippen LogP contribution is -2.34. The Morgan fingerprint density at radius 1 is 1.19 bits per heavy atom. The number of hydrogen-bond donors (Lipinski definition) is 3.